The van der Waals surface area contributed by atoms with Crippen LogP contribution in [0.4, 0.5) is 4.79 Å². The molecule has 1 aromatic rings. The van der Waals surface area contributed by atoms with Crippen molar-refractivity contribution < 1.29 is 18.7 Å². The van der Waals surface area contributed by atoms with Gasteiger partial charge in [-0.3, -0.25) is 0 Å². The fraction of sp³-hybridized carbons (Fsp3) is 0.706. The molecule has 2 amide bonds. The number of methoxy groups -OCH3 is 1. The number of ether oxygens (including phenoxy) is 2. The van der Waals surface area contributed by atoms with Crippen molar-refractivity contribution >= 4 is 6.03 Å². The minimum Gasteiger partial charge on any atom is -0.461 e. The van der Waals surface area contributed by atoms with Crippen LogP contribution in [0.1, 0.15) is 49.7 Å². The Morgan fingerprint density at radius 3 is 3.04 bits per heavy atom. The van der Waals surface area contributed by atoms with Gasteiger partial charge in [-0.05, 0) is 44.2 Å². The van der Waals surface area contributed by atoms with Gasteiger partial charge >= 0.3 is 6.03 Å². The average Bonchev–Trinajstić information content (AvgIpc) is 3.31. The number of nitrogens with one attached hydrogen (secondary N) is 1. The van der Waals surface area contributed by atoms with E-state index in [0.29, 0.717) is 12.7 Å². The standard InChI is InChI=1S/C17H24N2O4/c1-21-10-12-5-7-16(23-12)14-3-2-8-19(14)17(20)18-13-9-11-4-6-15(13)22-11/h5,7,11,13-15H,2-4,6,8-10H2,1H3,(H,18,20)/t11-,13-,14+,15-/m1/s1. The lowest BCUT2D eigenvalue weighted by Crippen LogP contribution is -2.47. The van der Waals surface area contributed by atoms with Gasteiger partial charge in [0.2, 0.25) is 0 Å². The number of urea groups is 1. The second-order valence-electron chi connectivity index (χ2n) is 6.75. The first kappa shape index (κ1) is 15.0. The molecule has 1 aromatic heterocycles. The number of furan rings is 1. The number of likely N-dealkylation sites (tertiary alicyclic amines) is 1. The fourth-order valence-corrected chi connectivity index (χ4v) is 4.13. The number of nitrogens with zero attached hydrogens (tertiary/aromatic N) is 1. The third-order valence-electron chi connectivity index (χ3n) is 5.23. The number of carbonyl (C=O) groups is 1. The first-order chi connectivity index (χ1) is 11.2. The van der Waals surface area contributed by atoms with Gasteiger partial charge in [0, 0.05) is 13.7 Å². The number of fused-ring (bicyclic) bond motifs is 2. The lowest BCUT2D eigenvalue weighted by Gasteiger charge is -2.27. The Hall–Kier alpha value is -1.53. The van der Waals surface area contributed by atoms with Crippen molar-refractivity contribution in [3.05, 3.63) is 23.7 Å². The Morgan fingerprint density at radius 1 is 1.39 bits per heavy atom. The van der Waals surface area contributed by atoms with Crippen molar-refractivity contribution in [2.24, 2.45) is 0 Å². The molecular formula is C17H24N2O4. The van der Waals surface area contributed by atoms with Crippen LogP contribution >= 0.6 is 0 Å². The molecule has 4 heterocycles. The highest BCUT2D eigenvalue weighted by atomic mass is 16.5. The smallest absolute Gasteiger partial charge is 0.318 e. The van der Waals surface area contributed by atoms with Crippen LogP contribution in [0.2, 0.25) is 0 Å². The van der Waals surface area contributed by atoms with E-state index < -0.39 is 0 Å². The van der Waals surface area contributed by atoms with Gasteiger partial charge in [-0.2, -0.15) is 0 Å². The number of hydrogen-bond donors (Lipinski definition) is 1. The van der Waals surface area contributed by atoms with E-state index in [1.54, 1.807) is 7.11 Å². The Labute approximate surface area is 136 Å². The van der Waals surface area contributed by atoms with Gasteiger partial charge in [0.15, 0.2) is 0 Å². The number of hydrogen-bond acceptors (Lipinski definition) is 4. The van der Waals surface area contributed by atoms with E-state index in [1.807, 2.05) is 17.0 Å². The van der Waals surface area contributed by atoms with Crippen LogP contribution in [0.15, 0.2) is 16.5 Å². The van der Waals surface area contributed by atoms with Crippen LogP contribution in [0.25, 0.3) is 0 Å². The summed E-state index contributed by atoms with van der Waals surface area (Å²) in [5, 5.41) is 3.18. The van der Waals surface area contributed by atoms with Crippen LogP contribution in [0, 0.1) is 0 Å². The molecular weight excluding hydrogens is 296 g/mol. The molecule has 4 rings (SSSR count). The molecule has 3 aliphatic rings. The van der Waals surface area contributed by atoms with Crippen LogP contribution < -0.4 is 5.32 Å². The van der Waals surface area contributed by atoms with Gasteiger partial charge in [-0.1, -0.05) is 0 Å². The maximum Gasteiger partial charge on any atom is 0.318 e. The van der Waals surface area contributed by atoms with E-state index in [2.05, 4.69) is 5.32 Å². The van der Waals surface area contributed by atoms with Crippen molar-refractivity contribution in [2.75, 3.05) is 13.7 Å². The van der Waals surface area contributed by atoms with Crippen molar-refractivity contribution in [3.8, 4) is 0 Å². The number of amides is 2. The van der Waals surface area contributed by atoms with Crippen molar-refractivity contribution in [1.29, 1.82) is 0 Å². The number of carbonyl (C=O) groups excluding carboxylic acids is 1. The predicted octanol–water partition coefficient (Wildman–Crippen LogP) is 2.59. The molecule has 23 heavy (non-hydrogen) atoms. The monoisotopic (exact) mass is 320 g/mol. The molecule has 126 valence electrons. The predicted molar refractivity (Wildman–Crippen MR) is 82.9 cm³/mol. The lowest BCUT2D eigenvalue weighted by atomic mass is 9.96. The third-order valence-corrected chi connectivity index (χ3v) is 5.23. The van der Waals surface area contributed by atoms with E-state index in [4.69, 9.17) is 13.9 Å². The van der Waals surface area contributed by atoms with Crippen molar-refractivity contribution in [1.82, 2.24) is 10.2 Å². The Morgan fingerprint density at radius 2 is 2.30 bits per heavy atom. The van der Waals surface area contributed by atoms with Gasteiger partial charge < -0.3 is 24.1 Å². The molecule has 2 bridgehead atoms. The van der Waals surface area contributed by atoms with E-state index in [0.717, 1.165) is 50.2 Å². The summed E-state index contributed by atoms with van der Waals surface area (Å²) in [5.74, 6) is 1.66. The Kier molecular flexibility index (Phi) is 4.03. The van der Waals surface area contributed by atoms with Gasteiger partial charge in [0.25, 0.3) is 0 Å². The minimum atomic E-state index is 0.0124. The van der Waals surface area contributed by atoms with Gasteiger partial charge in [0.1, 0.15) is 18.1 Å². The summed E-state index contributed by atoms with van der Waals surface area (Å²) in [7, 11) is 1.65. The molecule has 0 saturated carbocycles. The van der Waals surface area contributed by atoms with Crippen LogP contribution in [0.3, 0.4) is 0 Å². The van der Waals surface area contributed by atoms with Crippen LogP contribution in [-0.4, -0.2) is 42.8 Å². The Balaban J connectivity index is 1.41. The molecule has 3 aliphatic heterocycles. The summed E-state index contributed by atoms with van der Waals surface area (Å²) in [4.78, 5) is 14.6. The average molecular weight is 320 g/mol. The molecule has 3 fully saturated rings. The largest absolute Gasteiger partial charge is 0.461 e. The van der Waals surface area contributed by atoms with Crippen LogP contribution in [-0.2, 0) is 16.1 Å². The summed E-state index contributed by atoms with van der Waals surface area (Å²) in [6, 6.07) is 4.10. The quantitative estimate of drug-likeness (QED) is 0.926. The molecule has 4 atom stereocenters. The van der Waals surface area contributed by atoms with Crippen LogP contribution in [0.5, 0.6) is 0 Å². The number of rotatable bonds is 4. The van der Waals surface area contributed by atoms with Crippen molar-refractivity contribution in [2.45, 2.75) is 63.0 Å². The zero-order valence-electron chi connectivity index (χ0n) is 13.5. The topological polar surface area (TPSA) is 63.9 Å². The van der Waals surface area contributed by atoms with Gasteiger partial charge in [0.05, 0.1) is 24.3 Å². The van der Waals surface area contributed by atoms with E-state index in [9.17, 15) is 4.79 Å². The van der Waals surface area contributed by atoms with Gasteiger partial charge in [-0.25, -0.2) is 4.79 Å². The van der Waals surface area contributed by atoms with Crippen molar-refractivity contribution in [3.63, 3.8) is 0 Å². The molecule has 0 radical (unpaired) electrons. The molecule has 6 nitrogen and oxygen atoms in total. The summed E-state index contributed by atoms with van der Waals surface area (Å²) < 4.78 is 16.8. The highest BCUT2D eigenvalue weighted by molar-refractivity contribution is 5.75. The van der Waals surface area contributed by atoms with E-state index in [1.165, 1.54) is 0 Å². The first-order valence-electron chi connectivity index (χ1n) is 8.54. The third kappa shape index (κ3) is 2.85. The molecule has 0 spiro atoms. The molecule has 0 unspecified atom stereocenters. The minimum absolute atomic E-state index is 0.0124. The van der Waals surface area contributed by atoms with E-state index in [-0.39, 0.29) is 24.2 Å². The summed E-state index contributed by atoms with van der Waals surface area (Å²) >= 11 is 0. The summed E-state index contributed by atoms with van der Waals surface area (Å²) in [6.45, 7) is 1.24. The second kappa shape index (κ2) is 6.17. The van der Waals surface area contributed by atoms with E-state index >= 15 is 0 Å². The fourth-order valence-electron chi connectivity index (χ4n) is 4.13. The highest BCUT2D eigenvalue weighted by Crippen LogP contribution is 2.36. The highest BCUT2D eigenvalue weighted by Gasteiger charge is 2.43. The maximum atomic E-state index is 12.7. The molecule has 0 aromatic carbocycles. The zero-order valence-corrected chi connectivity index (χ0v) is 13.5. The van der Waals surface area contributed by atoms with Gasteiger partial charge in [-0.15, -0.1) is 0 Å². The second-order valence-corrected chi connectivity index (χ2v) is 6.75. The lowest BCUT2D eigenvalue weighted by molar-refractivity contribution is 0.0966. The molecule has 3 saturated heterocycles. The zero-order chi connectivity index (χ0) is 15.8. The molecule has 0 aliphatic carbocycles. The Bertz CT molecular complexity index is 573. The molecule has 1 N–H and O–H groups in total. The normalized spacial score (nSPS) is 32.7. The molecule has 6 heteroatoms. The SMILES string of the molecule is COCc1ccc([C@@H]2CCCN2C(=O)N[C@@H]2C[C@H]3CC[C@H]2O3)o1. The maximum absolute atomic E-state index is 12.7. The summed E-state index contributed by atoms with van der Waals surface area (Å²) in [5.41, 5.74) is 0. The first-order valence-corrected chi connectivity index (χ1v) is 8.54. The summed E-state index contributed by atoms with van der Waals surface area (Å²) in [6.07, 6.45) is 5.67.